The second-order valence-electron chi connectivity index (χ2n) is 4.55. The van der Waals surface area contributed by atoms with Crippen LogP contribution in [0.25, 0.3) is 11.5 Å². The highest BCUT2D eigenvalue weighted by Crippen LogP contribution is 2.25. The molecule has 0 saturated carbocycles. The summed E-state index contributed by atoms with van der Waals surface area (Å²) in [6.07, 6.45) is 0. The Balaban J connectivity index is 1.76. The van der Waals surface area contributed by atoms with Crippen LogP contribution in [0.5, 0.6) is 5.75 Å². The molecule has 0 aliphatic heterocycles. The number of aryl methyl sites for hydroxylation is 1. The van der Waals surface area contributed by atoms with Gasteiger partial charge in [-0.3, -0.25) is 0 Å². The van der Waals surface area contributed by atoms with Crippen molar-refractivity contribution in [2.75, 3.05) is 0 Å². The van der Waals surface area contributed by atoms with Gasteiger partial charge in [-0.1, -0.05) is 24.3 Å². The molecule has 4 nitrogen and oxygen atoms in total. The Morgan fingerprint density at radius 2 is 1.95 bits per heavy atom. The number of rotatable bonds is 4. The average molecular weight is 345 g/mol. The topological polar surface area (TPSA) is 48.2 Å². The van der Waals surface area contributed by atoms with Crippen molar-refractivity contribution in [1.82, 2.24) is 10.2 Å². The highest BCUT2D eigenvalue weighted by Gasteiger charge is 2.07. The van der Waals surface area contributed by atoms with E-state index in [4.69, 9.17) is 9.15 Å². The van der Waals surface area contributed by atoms with E-state index < -0.39 is 0 Å². The summed E-state index contributed by atoms with van der Waals surface area (Å²) in [4.78, 5) is 0. The molecule has 0 fully saturated rings. The molecule has 0 unspecified atom stereocenters. The number of halogens is 1. The van der Waals surface area contributed by atoms with Gasteiger partial charge in [0.05, 0.1) is 4.47 Å². The third-order valence-corrected chi connectivity index (χ3v) is 3.59. The molecule has 0 bridgehead atoms. The molecule has 3 rings (SSSR count). The molecule has 0 aliphatic carbocycles. The van der Waals surface area contributed by atoms with Crippen LogP contribution in [0.1, 0.15) is 11.5 Å². The maximum absolute atomic E-state index is 5.81. The van der Waals surface area contributed by atoms with Gasteiger partial charge in [-0.2, -0.15) is 0 Å². The van der Waals surface area contributed by atoms with Gasteiger partial charge in [0.1, 0.15) is 12.4 Å². The summed E-state index contributed by atoms with van der Waals surface area (Å²) >= 11 is 3.47. The van der Waals surface area contributed by atoms with Crippen LogP contribution in [0, 0.1) is 6.92 Å². The van der Waals surface area contributed by atoms with E-state index in [9.17, 15) is 0 Å². The van der Waals surface area contributed by atoms with Gasteiger partial charge in [-0.25, -0.2) is 0 Å². The lowest BCUT2D eigenvalue weighted by Gasteiger charge is -2.08. The van der Waals surface area contributed by atoms with Gasteiger partial charge in [0.2, 0.25) is 11.8 Å². The second-order valence-corrected chi connectivity index (χ2v) is 5.40. The van der Waals surface area contributed by atoms with Gasteiger partial charge in [0, 0.05) is 12.5 Å². The number of nitrogens with zero attached hydrogens (tertiary/aromatic N) is 2. The Bertz CT molecular complexity index is 755. The first-order chi connectivity index (χ1) is 10.2. The fourth-order valence-electron chi connectivity index (χ4n) is 1.93. The summed E-state index contributed by atoms with van der Waals surface area (Å²) in [7, 11) is 0. The lowest BCUT2D eigenvalue weighted by atomic mass is 10.1. The van der Waals surface area contributed by atoms with Crippen molar-refractivity contribution in [3.05, 3.63) is 64.5 Å². The van der Waals surface area contributed by atoms with Crippen LogP contribution in [-0.2, 0) is 6.61 Å². The van der Waals surface area contributed by atoms with E-state index >= 15 is 0 Å². The third-order valence-electron chi connectivity index (χ3n) is 2.93. The van der Waals surface area contributed by atoms with E-state index in [1.54, 1.807) is 6.92 Å². The Labute approximate surface area is 130 Å². The van der Waals surface area contributed by atoms with E-state index in [0.29, 0.717) is 18.4 Å². The molecule has 0 radical (unpaired) electrons. The van der Waals surface area contributed by atoms with Gasteiger partial charge in [0.25, 0.3) is 0 Å². The van der Waals surface area contributed by atoms with Crippen molar-refractivity contribution >= 4 is 15.9 Å². The van der Waals surface area contributed by atoms with Crippen molar-refractivity contribution in [2.24, 2.45) is 0 Å². The molecule has 0 spiro atoms. The van der Waals surface area contributed by atoms with E-state index in [-0.39, 0.29) is 0 Å². The molecule has 2 aromatic carbocycles. The van der Waals surface area contributed by atoms with Crippen LogP contribution in [0.4, 0.5) is 0 Å². The van der Waals surface area contributed by atoms with Gasteiger partial charge < -0.3 is 9.15 Å². The lowest BCUT2D eigenvalue weighted by Crippen LogP contribution is -1.96. The zero-order valence-corrected chi connectivity index (χ0v) is 13.0. The SMILES string of the molecule is Cc1nnc(-c2cccc(COc3ccccc3Br)c2)o1. The predicted molar refractivity (Wildman–Crippen MR) is 82.9 cm³/mol. The molecule has 5 heteroatoms. The number of hydrogen-bond donors (Lipinski definition) is 0. The molecule has 1 aromatic heterocycles. The van der Waals surface area contributed by atoms with Crippen LogP contribution in [0.2, 0.25) is 0 Å². The highest BCUT2D eigenvalue weighted by atomic mass is 79.9. The summed E-state index contributed by atoms with van der Waals surface area (Å²) in [5.74, 6) is 1.90. The molecule has 21 heavy (non-hydrogen) atoms. The van der Waals surface area contributed by atoms with Gasteiger partial charge >= 0.3 is 0 Å². The van der Waals surface area contributed by atoms with E-state index in [1.165, 1.54) is 0 Å². The standard InChI is InChI=1S/C16H13BrN2O2/c1-11-18-19-16(21-11)13-6-4-5-12(9-13)10-20-15-8-3-2-7-14(15)17/h2-9H,10H2,1H3. The summed E-state index contributed by atoms with van der Waals surface area (Å²) in [5, 5.41) is 7.87. The second kappa shape index (κ2) is 6.10. The van der Waals surface area contributed by atoms with Crippen LogP contribution < -0.4 is 4.74 Å². The fourth-order valence-corrected chi connectivity index (χ4v) is 2.33. The Hall–Kier alpha value is -2.14. The lowest BCUT2D eigenvalue weighted by molar-refractivity contribution is 0.304. The third kappa shape index (κ3) is 3.31. The number of benzene rings is 2. The zero-order valence-electron chi connectivity index (χ0n) is 11.4. The van der Waals surface area contributed by atoms with Crippen LogP contribution in [-0.4, -0.2) is 10.2 Å². The molecular formula is C16H13BrN2O2. The minimum atomic E-state index is 0.476. The van der Waals surface area contributed by atoms with Gasteiger partial charge in [-0.05, 0) is 45.8 Å². The first-order valence-corrected chi connectivity index (χ1v) is 7.28. The van der Waals surface area contributed by atoms with E-state index in [0.717, 1.165) is 21.3 Å². The van der Waals surface area contributed by atoms with Crippen molar-refractivity contribution in [1.29, 1.82) is 0 Å². The molecular weight excluding hydrogens is 332 g/mol. The fraction of sp³-hybridized carbons (Fsp3) is 0.125. The quantitative estimate of drug-likeness (QED) is 0.704. The summed E-state index contributed by atoms with van der Waals surface area (Å²) < 4.78 is 12.2. The maximum atomic E-state index is 5.81. The Morgan fingerprint density at radius 1 is 1.10 bits per heavy atom. The van der Waals surface area contributed by atoms with Gasteiger partial charge in [-0.15, -0.1) is 10.2 Å². The summed E-state index contributed by atoms with van der Waals surface area (Å²) in [5.41, 5.74) is 1.93. The summed E-state index contributed by atoms with van der Waals surface area (Å²) in [6, 6.07) is 15.7. The number of hydrogen-bond acceptors (Lipinski definition) is 4. The first kappa shape index (κ1) is 13.8. The highest BCUT2D eigenvalue weighted by molar-refractivity contribution is 9.10. The number of para-hydroxylation sites is 1. The molecule has 106 valence electrons. The van der Waals surface area contributed by atoms with Crippen molar-refractivity contribution in [2.45, 2.75) is 13.5 Å². The molecule has 0 amide bonds. The van der Waals surface area contributed by atoms with Crippen LogP contribution in [0.3, 0.4) is 0 Å². The predicted octanol–water partition coefficient (Wildman–Crippen LogP) is 4.39. The molecule has 3 aromatic rings. The minimum absolute atomic E-state index is 0.476. The average Bonchev–Trinajstić information content (AvgIpc) is 2.93. The maximum Gasteiger partial charge on any atom is 0.247 e. The van der Waals surface area contributed by atoms with Crippen molar-refractivity contribution < 1.29 is 9.15 Å². The van der Waals surface area contributed by atoms with E-state index in [1.807, 2.05) is 48.5 Å². The molecule has 0 N–H and O–H groups in total. The number of aromatic nitrogens is 2. The first-order valence-electron chi connectivity index (χ1n) is 6.49. The molecule has 1 heterocycles. The van der Waals surface area contributed by atoms with E-state index in [2.05, 4.69) is 26.1 Å². The van der Waals surface area contributed by atoms with Gasteiger partial charge in [0.15, 0.2) is 0 Å². The Kier molecular flexibility index (Phi) is 4.01. The minimum Gasteiger partial charge on any atom is -0.488 e. The largest absolute Gasteiger partial charge is 0.488 e. The molecule has 0 aliphatic rings. The van der Waals surface area contributed by atoms with Crippen molar-refractivity contribution in [3.8, 4) is 17.2 Å². The van der Waals surface area contributed by atoms with Crippen molar-refractivity contribution in [3.63, 3.8) is 0 Å². The normalized spacial score (nSPS) is 10.6. The Morgan fingerprint density at radius 3 is 2.71 bits per heavy atom. The zero-order chi connectivity index (χ0) is 14.7. The smallest absolute Gasteiger partial charge is 0.247 e. The van der Waals surface area contributed by atoms with Crippen LogP contribution in [0.15, 0.2) is 57.4 Å². The number of ether oxygens (including phenoxy) is 1. The summed E-state index contributed by atoms with van der Waals surface area (Å²) in [6.45, 7) is 2.25. The monoisotopic (exact) mass is 344 g/mol. The molecule has 0 atom stereocenters. The molecule has 0 saturated heterocycles. The van der Waals surface area contributed by atoms with Crippen LogP contribution >= 0.6 is 15.9 Å².